The molecule has 1 saturated heterocycles. The minimum absolute atomic E-state index is 0.165. The summed E-state index contributed by atoms with van der Waals surface area (Å²) in [5.74, 6) is 0.537. The zero-order valence-corrected chi connectivity index (χ0v) is 17.8. The van der Waals surface area contributed by atoms with Crippen LogP contribution in [0.2, 0.25) is 0 Å². The molecule has 1 aliphatic heterocycles. The molecule has 3 aromatic heterocycles. The van der Waals surface area contributed by atoms with Gasteiger partial charge in [0, 0.05) is 36.4 Å². The molecule has 31 heavy (non-hydrogen) atoms. The second kappa shape index (κ2) is 6.61. The topological polar surface area (TPSA) is 121 Å². The van der Waals surface area contributed by atoms with E-state index in [0.29, 0.717) is 19.5 Å². The Morgan fingerprint density at radius 2 is 2.00 bits per heavy atom. The molecule has 3 aliphatic rings. The van der Waals surface area contributed by atoms with Crippen molar-refractivity contribution in [1.29, 1.82) is 5.26 Å². The Bertz CT molecular complexity index is 1290. The molecule has 4 heterocycles. The fourth-order valence-corrected chi connectivity index (χ4v) is 7.52. The monoisotopic (exact) mass is 437 g/mol. The first kappa shape index (κ1) is 19.0. The Kier molecular flexibility index (Phi) is 4.04. The van der Waals surface area contributed by atoms with Gasteiger partial charge in [-0.25, -0.2) is 22.7 Å². The summed E-state index contributed by atoms with van der Waals surface area (Å²) in [6.07, 6.45) is 10.6. The van der Waals surface area contributed by atoms with Crippen LogP contribution in [-0.4, -0.2) is 55.8 Å². The first-order chi connectivity index (χ1) is 15.0. The van der Waals surface area contributed by atoms with Crippen molar-refractivity contribution >= 4 is 21.1 Å². The molecule has 2 saturated carbocycles. The highest BCUT2D eigenvalue weighted by Crippen LogP contribution is 2.51. The maximum Gasteiger partial charge on any atom is 0.216 e. The number of nitrogens with zero attached hydrogens (tertiary/aromatic N) is 6. The Morgan fingerprint density at radius 1 is 1.23 bits per heavy atom. The van der Waals surface area contributed by atoms with Gasteiger partial charge in [-0.3, -0.25) is 4.68 Å². The lowest BCUT2D eigenvalue weighted by molar-refractivity contribution is 0.240. The molecule has 9 nitrogen and oxygen atoms in total. The molecule has 0 spiro atoms. The van der Waals surface area contributed by atoms with Gasteiger partial charge in [-0.1, -0.05) is 0 Å². The van der Waals surface area contributed by atoms with Gasteiger partial charge in [-0.2, -0.15) is 10.4 Å². The molecule has 3 atom stereocenters. The Labute approximate surface area is 180 Å². The van der Waals surface area contributed by atoms with E-state index in [2.05, 4.69) is 26.1 Å². The summed E-state index contributed by atoms with van der Waals surface area (Å²) in [5.41, 5.74) is 2.07. The Balaban J connectivity index is 1.29. The number of H-pyrrole nitrogens is 1. The van der Waals surface area contributed by atoms with Crippen LogP contribution in [-0.2, 0) is 15.6 Å². The molecule has 0 aromatic carbocycles. The first-order valence-corrected chi connectivity index (χ1v) is 12.2. The average molecular weight is 438 g/mol. The summed E-state index contributed by atoms with van der Waals surface area (Å²) in [5, 5.41) is 15.0. The van der Waals surface area contributed by atoms with Crippen LogP contribution in [0, 0.1) is 23.2 Å². The molecular formula is C21H23N7O2S. The maximum absolute atomic E-state index is 12.7. The van der Waals surface area contributed by atoms with Crippen LogP contribution in [0.1, 0.15) is 32.1 Å². The van der Waals surface area contributed by atoms with Gasteiger partial charge in [0.05, 0.1) is 35.2 Å². The highest BCUT2D eigenvalue weighted by atomic mass is 32.2. The lowest BCUT2D eigenvalue weighted by Gasteiger charge is -2.29. The first-order valence-electron chi connectivity index (χ1n) is 10.7. The van der Waals surface area contributed by atoms with E-state index in [1.165, 1.54) is 6.33 Å². The van der Waals surface area contributed by atoms with Gasteiger partial charge in [-0.05, 0) is 43.6 Å². The summed E-state index contributed by atoms with van der Waals surface area (Å²) < 4.78 is 29.0. The predicted molar refractivity (Wildman–Crippen MR) is 113 cm³/mol. The van der Waals surface area contributed by atoms with Crippen LogP contribution in [0.25, 0.3) is 22.3 Å². The van der Waals surface area contributed by atoms with E-state index in [1.807, 2.05) is 23.1 Å². The number of fused-ring (bicyclic) bond motifs is 2. The average Bonchev–Trinajstić information content (AvgIpc) is 3.11. The lowest BCUT2D eigenvalue weighted by Crippen LogP contribution is -2.37. The second-order valence-corrected chi connectivity index (χ2v) is 11.4. The second-order valence-electron chi connectivity index (χ2n) is 9.18. The molecule has 0 unspecified atom stereocenters. The van der Waals surface area contributed by atoms with Crippen molar-refractivity contribution in [1.82, 2.24) is 29.0 Å². The molecule has 160 valence electrons. The summed E-state index contributed by atoms with van der Waals surface area (Å²) >= 11 is 0. The molecule has 2 aliphatic carbocycles. The van der Waals surface area contributed by atoms with E-state index in [4.69, 9.17) is 0 Å². The van der Waals surface area contributed by atoms with Gasteiger partial charge in [0.2, 0.25) is 10.0 Å². The number of hydrogen-bond acceptors (Lipinski definition) is 6. The number of hydrogen-bond donors (Lipinski definition) is 1. The highest BCUT2D eigenvalue weighted by Gasteiger charge is 2.54. The van der Waals surface area contributed by atoms with E-state index in [9.17, 15) is 13.7 Å². The molecular weight excluding hydrogens is 414 g/mol. The van der Waals surface area contributed by atoms with Crippen LogP contribution in [0.15, 0.2) is 31.0 Å². The minimum atomic E-state index is -3.14. The Morgan fingerprint density at radius 3 is 2.71 bits per heavy atom. The van der Waals surface area contributed by atoms with Crippen molar-refractivity contribution < 1.29 is 8.42 Å². The third kappa shape index (κ3) is 2.91. The van der Waals surface area contributed by atoms with E-state index in [0.717, 1.165) is 48.0 Å². The largest absolute Gasteiger partial charge is 0.346 e. The van der Waals surface area contributed by atoms with Crippen molar-refractivity contribution in [2.45, 2.75) is 42.9 Å². The Hall–Kier alpha value is -2.77. The van der Waals surface area contributed by atoms with Crippen LogP contribution in [0.3, 0.4) is 0 Å². The maximum atomic E-state index is 12.7. The van der Waals surface area contributed by atoms with Gasteiger partial charge in [0.1, 0.15) is 12.0 Å². The van der Waals surface area contributed by atoms with Gasteiger partial charge in [0.25, 0.3) is 0 Å². The highest BCUT2D eigenvalue weighted by molar-refractivity contribution is 7.90. The molecule has 1 N–H and O–H groups in total. The van der Waals surface area contributed by atoms with Crippen molar-refractivity contribution in [3.05, 3.63) is 31.0 Å². The standard InChI is InChI=1S/C21H23N7O2S/c22-5-4-21(7-14-10-27(11-15(14)8-21)31(29,30)17-1-2-17)28-12-16(9-26-28)19-18-3-6-23-20(18)25-13-24-19/h3,6,9,12-15,17H,1-2,4,7-8,10-11H2,(H,23,24,25)/t14-,15+,21+. The summed E-state index contributed by atoms with van der Waals surface area (Å²) in [4.78, 5) is 11.8. The molecule has 0 radical (unpaired) electrons. The van der Waals surface area contributed by atoms with Crippen molar-refractivity contribution in [2.75, 3.05) is 13.1 Å². The normalized spacial score (nSPS) is 28.7. The number of nitrogens with one attached hydrogen (secondary N) is 1. The lowest BCUT2D eigenvalue weighted by atomic mass is 9.92. The summed E-state index contributed by atoms with van der Waals surface area (Å²) in [6, 6.07) is 4.31. The van der Waals surface area contributed by atoms with Crippen LogP contribution in [0.4, 0.5) is 0 Å². The number of nitriles is 1. The molecule has 3 fully saturated rings. The summed E-state index contributed by atoms with van der Waals surface area (Å²) in [7, 11) is -3.14. The van der Waals surface area contributed by atoms with Gasteiger partial charge in [-0.15, -0.1) is 0 Å². The molecule has 3 aromatic rings. The zero-order chi connectivity index (χ0) is 21.2. The van der Waals surface area contributed by atoms with E-state index >= 15 is 0 Å². The van der Waals surface area contributed by atoms with Crippen molar-refractivity contribution in [2.24, 2.45) is 11.8 Å². The van der Waals surface area contributed by atoms with E-state index in [1.54, 1.807) is 10.5 Å². The smallest absolute Gasteiger partial charge is 0.216 e. The van der Waals surface area contributed by atoms with Gasteiger partial charge < -0.3 is 4.98 Å². The molecule has 0 amide bonds. The number of sulfonamides is 1. The quantitative estimate of drug-likeness (QED) is 0.654. The third-order valence-electron chi connectivity index (χ3n) is 7.24. The summed E-state index contributed by atoms with van der Waals surface area (Å²) in [6.45, 7) is 1.14. The molecule has 10 heteroatoms. The van der Waals surface area contributed by atoms with E-state index < -0.39 is 15.6 Å². The van der Waals surface area contributed by atoms with Crippen molar-refractivity contribution in [3.63, 3.8) is 0 Å². The number of aromatic nitrogens is 5. The van der Waals surface area contributed by atoms with Crippen molar-refractivity contribution in [3.8, 4) is 17.3 Å². The minimum Gasteiger partial charge on any atom is -0.346 e. The number of aromatic amines is 1. The van der Waals surface area contributed by atoms with Gasteiger partial charge >= 0.3 is 0 Å². The predicted octanol–water partition coefficient (Wildman–Crippen LogP) is 2.26. The molecule has 6 rings (SSSR count). The fourth-order valence-electron chi connectivity index (χ4n) is 5.57. The van der Waals surface area contributed by atoms with Crippen LogP contribution in [0.5, 0.6) is 0 Å². The van der Waals surface area contributed by atoms with Gasteiger partial charge in [0.15, 0.2) is 0 Å². The SMILES string of the molecule is N#CC[C@@]1(n2cc(-c3ncnc4[nH]ccc34)cn2)C[C@H]2CN(S(=O)(=O)C3CC3)C[C@H]2C1. The van der Waals surface area contributed by atoms with Crippen LogP contribution >= 0.6 is 0 Å². The molecule has 0 bridgehead atoms. The zero-order valence-electron chi connectivity index (χ0n) is 17.0. The number of rotatable bonds is 5. The fraction of sp³-hybridized carbons (Fsp3) is 0.524. The third-order valence-corrected chi connectivity index (χ3v) is 9.57. The van der Waals surface area contributed by atoms with E-state index in [-0.39, 0.29) is 17.1 Å². The van der Waals surface area contributed by atoms with Crippen LogP contribution < -0.4 is 0 Å².